The van der Waals surface area contributed by atoms with Gasteiger partial charge in [-0.3, -0.25) is 4.79 Å². The average molecular weight is 333 g/mol. The van der Waals surface area contributed by atoms with Crippen LogP contribution in [0.2, 0.25) is 0 Å². The third kappa shape index (κ3) is 3.79. The summed E-state index contributed by atoms with van der Waals surface area (Å²) in [6.45, 7) is 6.67. The number of aromatic nitrogens is 2. The predicted molar refractivity (Wildman–Crippen MR) is 100 cm³/mol. The molecule has 0 radical (unpaired) electrons. The van der Waals surface area contributed by atoms with Gasteiger partial charge in [-0.1, -0.05) is 55.0 Å². The first-order valence-electron chi connectivity index (χ1n) is 8.51. The van der Waals surface area contributed by atoms with Crippen LogP contribution in [-0.4, -0.2) is 22.2 Å². The Morgan fingerprint density at radius 2 is 1.76 bits per heavy atom. The van der Waals surface area contributed by atoms with Gasteiger partial charge in [-0.25, -0.2) is 4.68 Å². The van der Waals surface area contributed by atoms with Crippen LogP contribution in [-0.2, 0) is 0 Å². The SMILES string of the molecule is Cc1ccc(-n2ncc(C(=O)NC[C@H](C)c3ccccc3)c2C)cc1. The van der Waals surface area contributed by atoms with Gasteiger partial charge in [-0.15, -0.1) is 0 Å². The van der Waals surface area contributed by atoms with Crippen LogP contribution in [0.25, 0.3) is 5.69 Å². The predicted octanol–water partition coefficient (Wildman–Crippen LogP) is 4.02. The highest BCUT2D eigenvalue weighted by Gasteiger charge is 2.16. The lowest BCUT2D eigenvalue weighted by atomic mass is 10.0. The summed E-state index contributed by atoms with van der Waals surface area (Å²) in [5.74, 6) is 0.177. The molecule has 3 aromatic rings. The van der Waals surface area contributed by atoms with Crippen LogP contribution in [0.5, 0.6) is 0 Å². The second-order valence-electron chi connectivity index (χ2n) is 6.41. The van der Waals surface area contributed by atoms with Crippen LogP contribution >= 0.6 is 0 Å². The number of nitrogens with one attached hydrogen (secondary N) is 1. The van der Waals surface area contributed by atoms with Crippen molar-refractivity contribution in [2.24, 2.45) is 0 Å². The van der Waals surface area contributed by atoms with Crippen molar-refractivity contribution in [1.82, 2.24) is 15.1 Å². The Kier molecular flexibility index (Phi) is 4.98. The van der Waals surface area contributed by atoms with Crippen LogP contribution in [0, 0.1) is 13.8 Å². The fraction of sp³-hybridized carbons (Fsp3) is 0.238. The van der Waals surface area contributed by atoms with Gasteiger partial charge in [-0.05, 0) is 37.5 Å². The second kappa shape index (κ2) is 7.34. The standard InChI is InChI=1S/C21H23N3O/c1-15-9-11-19(12-10-15)24-17(3)20(14-23-24)21(25)22-13-16(2)18-7-5-4-6-8-18/h4-12,14,16H,13H2,1-3H3,(H,22,25)/t16-/m0/s1. The Morgan fingerprint density at radius 1 is 1.08 bits per heavy atom. The number of hydrogen-bond donors (Lipinski definition) is 1. The highest BCUT2D eigenvalue weighted by Crippen LogP contribution is 2.16. The highest BCUT2D eigenvalue weighted by atomic mass is 16.1. The van der Waals surface area contributed by atoms with Crippen molar-refractivity contribution in [2.75, 3.05) is 6.54 Å². The van der Waals surface area contributed by atoms with Crippen molar-refractivity contribution in [3.05, 3.63) is 83.2 Å². The van der Waals surface area contributed by atoms with Gasteiger partial charge < -0.3 is 5.32 Å². The third-order valence-corrected chi connectivity index (χ3v) is 4.47. The molecule has 0 aliphatic carbocycles. The van der Waals surface area contributed by atoms with E-state index in [1.54, 1.807) is 10.9 Å². The van der Waals surface area contributed by atoms with Crippen molar-refractivity contribution in [2.45, 2.75) is 26.7 Å². The molecule has 0 aliphatic heterocycles. The van der Waals surface area contributed by atoms with E-state index in [1.807, 2.05) is 56.3 Å². The molecular weight excluding hydrogens is 310 g/mol. The lowest BCUT2D eigenvalue weighted by Crippen LogP contribution is -2.27. The summed E-state index contributed by atoms with van der Waals surface area (Å²) in [5, 5.41) is 7.40. The van der Waals surface area contributed by atoms with E-state index in [2.05, 4.69) is 29.5 Å². The molecule has 25 heavy (non-hydrogen) atoms. The molecule has 0 spiro atoms. The molecule has 0 aliphatic rings. The van der Waals surface area contributed by atoms with Gasteiger partial charge in [0.1, 0.15) is 0 Å². The fourth-order valence-corrected chi connectivity index (χ4v) is 2.82. The van der Waals surface area contributed by atoms with E-state index in [1.165, 1.54) is 11.1 Å². The molecule has 128 valence electrons. The molecule has 1 N–H and O–H groups in total. The van der Waals surface area contributed by atoms with Gasteiger partial charge in [0.15, 0.2) is 0 Å². The van der Waals surface area contributed by atoms with Gasteiger partial charge in [0, 0.05) is 6.54 Å². The Bertz CT molecular complexity index is 851. The highest BCUT2D eigenvalue weighted by molar-refractivity contribution is 5.95. The molecule has 1 aromatic heterocycles. The zero-order valence-electron chi connectivity index (χ0n) is 14.9. The van der Waals surface area contributed by atoms with E-state index in [9.17, 15) is 4.79 Å². The maximum atomic E-state index is 12.5. The minimum atomic E-state index is -0.0846. The topological polar surface area (TPSA) is 46.9 Å². The largest absolute Gasteiger partial charge is 0.351 e. The molecule has 2 aromatic carbocycles. The van der Waals surface area contributed by atoms with Crippen LogP contribution in [0.4, 0.5) is 0 Å². The smallest absolute Gasteiger partial charge is 0.254 e. The Labute approximate surface area is 148 Å². The molecule has 1 amide bonds. The van der Waals surface area contributed by atoms with E-state index in [-0.39, 0.29) is 11.8 Å². The van der Waals surface area contributed by atoms with Crippen LogP contribution in [0.15, 0.2) is 60.8 Å². The summed E-state index contributed by atoms with van der Waals surface area (Å²) in [6.07, 6.45) is 1.64. The number of benzene rings is 2. The third-order valence-electron chi connectivity index (χ3n) is 4.47. The Balaban J connectivity index is 1.70. The molecular formula is C21H23N3O. The molecule has 1 heterocycles. The maximum absolute atomic E-state index is 12.5. The van der Waals surface area contributed by atoms with Gasteiger partial charge in [0.2, 0.25) is 0 Å². The van der Waals surface area contributed by atoms with E-state index in [4.69, 9.17) is 0 Å². The summed E-state index contributed by atoms with van der Waals surface area (Å²) >= 11 is 0. The summed E-state index contributed by atoms with van der Waals surface area (Å²) in [4.78, 5) is 12.5. The Morgan fingerprint density at radius 3 is 2.44 bits per heavy atom. The van der Waals surface area contributed by atoms with Crippen LogP contribution in [0.3, 0.4) is 0 Å². The number of rotatable bonds is 5. The van der Waals surface area contributed by atoms with Gasteiger partial charge in [0.05, 0.1) is 23.1 Å². The lowest BCUT2D eigenvalue weighted by molar-refractivity contribution is 0.0951. The molecule has 0 saturated heterocycles. The second-order valence-corrected chi connectivity index (χ2v) is 6.41. The van der Waals surface area contributed by atoms with E-state index < -0.39 is 0 Å². The quantitative estimate of drug-likeness (QED) is 0.766. The molecule has 4 heteroatoms. The van der Waals surface area contributed by atoms with Crippen LogP contribution < -0.4 is 5.32 Å². The molecule has 0 saturated carbocycles. The summed E-state index contributed by atoms with van der Waals surface area (Å²) in [7, 11) is 0. The van der Waals surface area contributed by atoms with Crippen molar-refractivity contribution in [1.29, 1.82) is 0 Å². The number of carbonyl (C=O) groups is 1. The first-order valence-corrected chi connectivity index (χ1v) is 8.51. The van der Waals surface area contributed by atoms with Crippen molar-refractivity contribution < 1.29 is 4.79 Å². The zero-order valence-corrected chi connectivity index (χ0v) is 14.9. The van der Waals surface area contributed by atoms with E-state index in [0.29, 0.717) is 12.1 Å². The first-order chi connectivity index (χ1) is 12.1. The maximum Gasteiger partial charge on any atom is 0.254 e. The van der Waals surface area contributed by atoms with Crippen molar-refractivity contribution in [3.63, 3.8) is 0 Å². The number of nitrogens with zero attached hydrogens (tertiary/aromatic N) is 2. The summed E-state index contributed by atoms with van der Waals surface area (Å²) in [6, 6.07) is 18.3. The zero-order chi connectivity index (χ0) is 17.8. The fourth-order valence-electron chi connectivity index (χ4n) is 2.82. The first kappa shape index (κ1) is 17.0. The average Bonchev–Trinajstić information content (AvgIpc) is 3.02. The normalized spacial score (nSPS) is 12.0. The van der Waals surface area contributed by atoms with Crippen molar-refractivity contribution in [3.8, 4) is 5.69 Å². The van der Waals surface area contributed by atoms with Crippen LogP contribution in [0.1, 0.15) is 40.0 Å². The molecule has 0 unspecified atom stereocenters. The molecule has 0 fully saturated rings. The number of aryl methyl sites for hydroxylation is 1. The van der Waals surface area contributed by atoms with E-state index in [0.717, 1.165) is 11.4 Å². The summed E-state index contributed by atoms with van der Waals surface area (Å²) < 4.78 is 1.80. The summed E-state index contributed by atoms with van der Waals surface area (Å²) in [5.41, 5.74) is 4.82. The number of carbonyl (C=O) groups excluding carboxylic acids is 1. The van der Waals surface area contributed by atoms with Gasteiger partial charge in [-0.2, -0.15) is 5.10 Å². The molecule has 0 bridgehead atoms. The number of amides is 1. The number of hydrogen-bond acceptors (Lipinski definition) is 2. The Hall–Kier alpha value is -2.88. The molecule has 3 rings (SSSR count). The monoisotopic (exact) mass is 333 g/mol. The molecule has 4 nitrogen and oxygen atoms in total. The molecule has 1 atom stereocenters. The minimum Gasteiger partial charge on any atom is -0.351 e. The van der Waals surface area contributed by atoms with Gasteiger partial charge in [0.25, 0.3) is 5.91 Å². The lowest BCUT2D eigenvalue weighted by Gasteiger charge is -2.13. The van der Waals surface area contributed by atoms with Gasteiger partial charge >= 0.3 is 0 Å². The van der Waals surface area contributed by atoms with Crippen molar-refractivity contribution >= 4 is 5.91 Å². The minimum absolute atomic E-state index is 0.0846. The van der Waals surface area contributed by atoms with E-state index >= 15 is 0 Å².